The van der Waals surface area contributed by atoms with Crippen LogP contribution in [-0.2, 0) is 9.59 Å². The summed E-state index contributed by atoms with van der Waals surface area (Å²) in [6.07, 6.45) is 6.66. The van der Waals surface area contributed by atoms with Gasteiger partial charge < -0.3 is 5.11 Å². The molecule has 0 aliphatic heterocycles. The lowest BCUT2D eigenvalue weighted by Crippen LogP contribution is -2.60. The van der Waals surface area contributed by atoms with Crippen molar-refractivity contribution in [2.45, 2.75) is 45.5 Å². The van der Waals surface area contributed by atoms with Gasteiger partial charge in [0.15, 0.2) is 11.6 Å². The van der Waals surface area contributed by atoms with Gasteiger partial charge >= 0.3 is 0 Å². The number of alkyl halides is 2. The average Bonchev–Trinajstić information content (AvgIpc) is 2.89. The Hall–Kier alpha value is -1.62. The number of rotatable bonds is 2. The van der Waals surface area contributed by atoms with Crippen LogP contribution in [0.4, 0.5) is 8.78 Å². The molecule has 0 bridgehead atoms. The highest BCUT2D eigenvalue weighted by atomic mass is 19.1. The lowest BCUT2D eigenvalue weighted by atomic mass is 9.48. The molecule has 0 radical (unpaired) electrons. The molecule has 0 amide bonds. The molecule has 0 aromatic rings. The molecule has 1 N–H and O–H groups in total. The van der Waals surface area contributed by atoms with Gasteiger partial charge in [0.25, 0.3) is 0 Å². The standard InChI is InChI=1S/C22H26F2O3/c1-12-8-14-15-10-17(23)16-9-13(26)4-5-21(16,3)22(15,24)7-6-20(14,2)19(12)18(27)11-25/h4-7,9,12,14-15,17,19,25H,8,10-11H2,1-3H3/t12?,14-,15-,17?,19+,20-,21-,22+/m0/s1. The molecule has 2 saturated carbocycles. The predicted octanol–water partition coefficient (Wildman–Crippen LogP) is 3.53. The van der Waals surface area contributed by atoms with E-state index in [0.717, 1.165) is 0 Å². The number of carbonyl (C=O) groups is 2. The van der Waals surface area contributed by atoms with Gasteiger partial charge in [0.05, 0.1) is 0 Å². The molecule has 0 saturated heterocycles. The first kappa shape index (κ1) is 18.7. The Morgan fingerprint density at radius 3 is 2.59 bits per heavy atom. The number of halogens is 2. The van der Waals surface area contributed by atoms with Crippen molar-refractivity contribution in [3.63, 3.8) is 0 Å². The molecule has 0 spiro atoms. The molecule has 5 heteroatoms. The fourth-order valence-corrected chi connectivity index (χ4v) is 6.64. The monoisotopic (exact) mass is 376 g/mol. The summed E-state index contributed by atoms with van der Waals surface area (Å²) in [5.41, 5.74) is -3.38. The van der Waals surface area contributed by atoms with Gasteiger partial charge in [-0.3, -0.25) is 9.59 Å². The minimum absolute atomic E-state index is 0.00191. The van der Waals surface area contributed by atoms with Crippen LogP contribution in [-0.4, -0.2) is 35.1 Å². The highest BCUT2D eigenvalue weighted by molar-refractivity contribution is 6.01. The van der Waals surface area contributed by atoms with Crippen LogP contribution < -0.4 is 0 Å². The summed E-state index contributed by atoms with van der Waals surface area (Å²) in [6, 6.07) is 0. The van der Waals surface area contributed by atoms with Crippen LogP contribution in [0.1, 0.15) is 33.6 Å². The van der Waals surface area contributed by atoms with E-state index in [-0.39, 0.29) is 41.3 Å². The summed E-state index contributed by atoms with van der Waals surface area (Å²) in [5.74, 6) is -1.70. The number of Topliss-reactive ketones (excluding diaryl/α,β-unsaturated/α-hetero) is 1. The first-order valence-corrected chi connectivity index (χ1v) is 9.70. The third-order valence-electron chi connectivity index (χ3n) is 7.95. The van der Waals surface area contributed by atoms with Crippen molar-refractivity contribution in [2.24, 2.45) is 34.5 Å². The van der Waals surface area contributed by atoms with E-state index >= 15 is 8.78 Å². The Bertz CT molecular complexity index is 799. The topological polar surface area (TPSA) is 54.4 Å². The summed E-state index contributed by atoms with van der Waals surface area (Å²) in [5, 5.41) is 9.41. The van der Waals surface area contributed by atoms with Gasteiger partial charge in [-0.2, -0.15) is 0 Å². The van der Waals surface area contributed by atoms with Crippen LogP contribution in [0.5, 0.6) is 0 Å². The quantitative estimate of drug-likeness (QED) is 0.750. The van der Waals surface area contributed by atoms with Crippen LogP contribution in [0.25, 0.3) is 0 Å². The van der Waals surface area contributed by atoms with Crippen LogP contribution in [0, 0.1) is 34.5 Å². The van der Waals surface area contributed by atoms with Gasteiger partial charge in [-0.25, -0.2) is 8.78 Å². The fraction of sp³-hybridized carbons (Fsp3) is 0.636. The SMILES string of the molecule is CC1C[C@H]2[C@@H]3CC(F)C4=CC(=O)C=C[C@]4(C)[C@@]3(F)C=C[C@]2(C)[C@H]1C(=O)CO. The van der Waals surface area contributed by atoms with Gasteiger partial charge in [0.1, 0.15) is 18.4 Å². The van der Waals surface area contributed by atoms with Crippen LogP contribution in [0.3, 0.4) is 0 Å². The van der Waals surface area contributed by atoms with Gasteiger partial charge in [-0.05, 0) is 60.8 Å². The first-order valence-electron chi connectivity index (χ1n) is 9.70. The van der Waals surface area contributed by atoms with Gasteiger partial charge in [0, 0.05) is 17.3 Å². The van der Waals surface area contributed by atoms with Crippen LogP contribution in [0.15, 0.2) is 36.0 Å². The lowest BCUT2D eigenvalue weighted by molar-refractivity contribution is -0.131. The van der Waals surface area contributed by atoms with E-state index in [1.165, 1.54) is 24.3 Å². The number of allylic oxidation sites excluding steroid dienone is 6. The number of aliphatic hydroxyl groups is 1. The second-order valence-corrected chi connectivity index (χ2v) is 9.24. The molecule has 4 aliphatic carbocycles. The zero-order valence-electron chi connectivity index (χ0n) is 15.9. The number of fused-ring (bicyclic) bond motifs is 5. The summed E-state index contributed by atoms with van der Waals surface area (Å²) in [7, 11) is 0. The van der Waals surface area contributed by atoms with E-state index in [1.54, 1.807) is 13.0 Å². The van der Waals surface area contributed by atoms with E-state index in [0.29, 0.717) is 6.42 Å². The maximum absolute atomic E-state index is 16.6. The maximum Gasteiger partial charge on any atom is 0.178 e. The first-order chi connectivity index (χ1) is 12.6. The molecular formula is C22H26F2O3. The highest BCUT2D eigenvalue weighted by Gasteiger charge is 2.67. The molecule has 4 aliphatic rings. The Labute approximate surface area is 158 Å². The summed E-state index contributed by atoms with van der Waals surface area (Å²) in [6.45, 7) is 5.04. The van der Waals surface area contributed by atoms with Crippen molar-refractivity contribution < 1.29 is 23.5 Å². The molecule has 0 aromatic carbocycles. The lowest BCUT2D eigenvalue weighted by Gasteiger charge is -2.57. The number of ketones is 2. The van der Waals surface area contributed by atoms with E-state index < -0.39 is 35.2 Å². The second kappa shape index (κ2) is 5.69. The van der Waals surface area contributed by atoms with Gasteiger partial charge in [-0.15, -0.1) is 0 Å². The predicted molar refractivity (Wildman–Crippen MR) is 97.3 cm³/mol. The fourth-order valence-electron chi connectivity index (χ4n) is 6.64. The highest BCUT2D eigenvalue weighted by Crippen LogP contribution is 2.67. The molecule has 0 heterocycles. The number of aliphatic hydroxyl groups excluding tert-OH is 1. The van der Waals surface area contributed by atoms with Gasteiger partial charge in [0.2, 0.25) is 0 Å². The minimum Gasteiger partial charge on any atom is -0.389 e. The number of hydrogen-bond acceptors (Lipinski definition) is 3. The molecule has 2 fully saturated rings. The Balaban J connectivity index is 1.85. The average molecular weight is 376 g/mol. The van der Waals surface area contributed by atoms with Crippen molar-refractivity contribution in [3.05, 3.63) is 36.0 Å². The number of hydrogen-bond donors (Lipinski definition) is 1. The van der Waals surface area contributed by atoms with Crippen molar-refractivity contribution >= 4 is 11.6 Å². The molecule has 146 valence electrons. The zero-order chi connectivity index (χ0) is 19.8. The zero-order valence-corrected chi connectivity index (χ0v) is 15.9. The van der Waals surface area contributed by atoms with E-state index in [1.807, 2.05) is 13.8 Å². The smallest absolute Gasteiger partial charge is 0.178 e. The maximum atomic E-state index is 16.6. The largest absolute Gasteiger partial charge is 0.389 e. The third-order valence-corrected chi connectivity index (χ3v) is 7.95. The van der Waals surface area contributed by atoms with Gasteiger partial charge in [-0.1, -0.05) is 26.0 Å². The second-order valence-electron chi connectivity index (χ2n) is 9.24. The molecule has 3 nitrogen and oxygen atoms in total. The van der Waals surface area contributed by atoms with Crippen molar-refractivity contribution in [1.82, 2.24) is 0 Å². The normalized spacial score (nSPS) is 50.7. The van der Waals surface area contributed by atoms with Crippen molar-refractivity contribution in [3.8, 4) is 0 Å². The van der Waals surface area contributed by atoms with Crippen molar-refractivity contribution in [1.29, 1.82) is 0 Å². The molecule has 0 aromatic heterocycles. The van der Waals surface area contributed by atoms with E-state index in [4.69, 9.17) is 0 Å². The third kappa shape index (κ3) is 2.21. The molecule has 8 atom stereocenters. The Kier molecular flexibility index (Phi) is 3.95. The van der Waals surface area contributed by atoms with E-state index in [9.17, 15) is 14.7 Å². The summed E-state index contributed by atoms with van der Waals surface area (Å²) < 4.78 is 31.7. The summed E-state index contributed by atoms with van der Waals surface area (Å²) in [4.78, 5) is 24.2. The molecule has 27 heavy (non-hydrogen) atoms. The molecule has 2 unspecified atom stereocenters. The number of carbonyl (C=O) groups excluding carboxylic acids is 2. The minimum atomic E-state index is -1.81. The van der Waals surface area contributed by atoms with E-state index in [2.05, 4.69) is 0 Å². The molecular weight excluding hydrogens is 350 g/mol. The Morgan fingerprint density at radius 1 is 1.22 bits per heavy atom. The van der Waals surface area contributed by atoms with Crippen LogP contribution in [0.2, 0.25) is 0 Å². The van der Waals surface area contributed by atoms with Crippen molar-refractivity contribution in [2.75, 3.05) is 6.61 Å². The Morgan fingerprint density at radius 2 is 1.93 bits per heavy atom. The van der Waals surface area contributed by atoms with Crippen LogP contribution >= 0.6 is 0 Å². The molecule has 4 rings (SSSR count). The summed E-state index contributed by atoms with van der Waals surface area (Å²) >= 11 is 0.